The predicted octanol–water partition coefficient (Wildman–Crippen LogP) is 2.64. The largest absolute Gasteiger partial charge is 0.380 e. The first-order valence-electron chi connectivity index (χ1n) is 7.82. The first-order valence-corrected chi connectivity index (χ1v) is 7.82. The van der Waals surface area contributed by atoms with Crippen LogP contribution >= 0.6 is 0 Å². The normalized spacial score (nSPS) is 30.8. The van der Waals surface area contributed by atoms with Crippen molar-refractivity contribution in [3.8, 4) is 0 Å². The van der Waals surface area contributed by atoms with Crippen LogP contribution in [-0.2, 0) is 4.74 Å². The van der Waals surface area contributed by atoms with Gasteiger partial charge in [0.15, 0.2) is 0 Å². The van der Waals surface area contributed by atoms with Gasteiger partial charge in [-0.25, -0.2) is 0 Å². The minimum Gasteiger partial charge on any atom is -0.380 e. The maximum Gasteiger partial charge on any atom is 0.0593 e. The molecule has 0 spiro atoms. The summed E-state index contributed by atoms with van der Waals surface area (Å²) in [6.07, 6.45) is 4.88. The number of nitrogens with zero attached hydrogens (tertiary/aromatic N) is 1. The SMILES string of the molecule is CC1(C)CC(C)(C)CC(CN)(N2CCCOCC2)C1. The van der Waals surface area contributed by atoms with Crippen LogP contribution in [0.4, 0.5) is 0 Å². The van der Waals surface area contributed by atoms with Gasteiger partial charge in [0, 0.05) is 31.8 Å². The Morgan fingerprint density at radius 1 is 0.947 bits per heavy atom. The van der Waals surface area contributed by atoms with E-state index in [0.29, 0.717) is 10.8 Å². The van der Waals surface area contributed by atoms with Crippen molar-refractivity contribution in [3.05, 3.63) is 0 Å². The molecule has 1 aliphatic carbocycles. The molecule has 3 nitrogen and oxygen atoms in total. The quantitative estimate of drug-likeness (QED) is 0.837. The van der Waals surface area contributed by atoms with E-state index < -0.39 is 0 Å². The molecule has 1 heterocycles. The smallest absolute Gasteiger partial charge is 0.0593 e. The molecule has 0 atom stereocenters. The van der Waals surface area contributed by atoms with E-state index in [1.807, 2.05) is 0 Å². The molecule has 1 saturated carbocycles. The molecule has 0 aromatic heterocycles. The molecule has 1 aliphatic heterocycles. The van der Waals surface area contributed by atoms with Crippen molar-refractivity contribution in [1.82, 2.24) is 4.90 Å². The second-order valence-electron chi connectivity index (χ2n) is 8.24. The van der Waals surface area contributed by atoms with Gasteiger partial charge in [-0.3, -0.25) is 4.90 Å². The molecule has 1 saturated heterocycles. The zero-order valence-electron chi connectivity index (χ0n) is 13.3. The Bertz CT molecular complexity index is 288. The van der Waals surface area contributed by atoms with Gasteiger partial charge in [0.25, 0.3) is 0 Å². The highest BCUT2D eigenvalue weighted by Crippen LogP contribution is 2.51. The summed E-state index contributed by atoms with van der Waals surface area (Å²) in [4.78, 5) is 2.64. The van der Waals surface area contributed by atoms with Crippen molar-refractivity contribution >= 4 is 0 Å². The van der Waals surface area contributed by atoms with Gasteiger partial charge < -0.3 is 10.5 Å². The molecular formula is C16H32N2O. The molecule has 0 unspecified atom stereocenters. The zero-order chi connectivity index (χ0) is 14.1. The molecule has 3 heteroatoms. The van der Waals surface area contributed by atoms with E-state index in [9.17, 15) is 0 Å². The summed E-state index contributed by atoms with van der Waals surface area (Å²) in [5.41, 5.74) is 7.23. The van der Waals surface area contributed by atoms with E-state index in [2.05, 4.69) is 32.6 Å². The number of ether oxygens (including phenoxy) is 1. The third-order valence-electron chi connectivity index (χ3n) is 4.85. The maximum absolute atomic E-state index is 6.28. The summed E-state index contributed by atoms with van der Waals surface area (Å²) in [5, 5.41) is 0. The monoisotopic (exact) mass is 268 g/mol. The van der Waals surface area contributed by atoms with Crippen LogP contribution in [0.25, 0.3) is 0 Å². The molecule has 2 N–H and O–H groups in total. The fraction of sp³-hybridized carbons (Fsp3) is 1.00. The summed E-state index contributed by atoms with van der Waals surface area (Å²) in [7, 11) is 0. The lowest BCUT2D eigenvalue weighted by molar-refractivity contribution is -0.0438. The molecule has 0 amide bonds. The van der Waals surface area contributed by atoms with E-state index in [0.717, 1.165) is 39.3 Å². The Hall–Kier alpha value is -0.120. The number of nitrogens with two attached hydrogens (primary N) is 1. The van der Waals surface area contributed by atoms with Gasteiger partial charge in [0.1, 0.15) is 0 Å². The van der Waals surface area contributed by atoms with Crippen LogP contribution in [0.2, 0.25) is 0 Å². The fourth-order valence-electron chi connectivity index (χ4n) is 4.98. The zero-order valence-corrected chi connectivity index (χ0v) is 13.3. The number of hydrogen-bond donors (Lipinski definition) is 1. The molecule has 0 bridgehead atoms. The summed E-state index contributed by atoms with van der Waals surface area (Å²) < 4.78 is 5.63. The van der Waals surface area contributed by atoms with E-state index in [4.69, 9.17) is 10.5 Å². The Labute approximate surface area is 118 Å². The first kappa shape index (κ1) is 15.3. The lowest BCUT2D eigenvalue weighted by Crippen LogP contribution is -2.61. The van der Waals surface area contributed by atoms with Gasteiger partial charge in [-0.2, -0.15) is 0 Å². The van der Waals surface area contributed by atoms with Gasteiger partial charge in [-0.05, 0) is 36.5 Å². The molecule has 2 rings (SSSR count). The highest BCUT2D eigenvalue weighted by molar-refractivity contribution is 5.04. The van der Waals surface area contributed by atoms with E-state index in [1.165, 1.54) is 19.3 Å². The molecule has 0 aromatic rings. The highest BCUT2D eigenvalue weighted by Gasteiger charge is 2.49. The summed E-state index contributed by atoms with van der Waals surface area (Å²) in [6, 6.07) is 0. The van der Waals surface area contributed by atoms with Crippen molar-refractivity contribution < 1.29 is 4.74 Å². The second kappa shape index (κ2) is 5.34. The van der Waals surface area contributed by atoms with Crippen LogP contribution in [0.3, 0.4) is 0 Å². The average molecular weight is 268 g/mol. The third kappa shape index (κ3) is 3.50. The summed E-state index contributed by atoms with van der Waals surface area (Å²) >= 11 is 0. The Morgan fingerprint density at radius 3 is 2.16 bits per heavy atom. The Morgan fingerprint density at radius 2 is 1.58 bits per heavy atom. The van der Waals surface area contributed by atoms with Crippen LogP contribution in [0.15, 0.2) is 0 Å². The molecule has 2 aliphatic rings. The van der Waals surface area contributed by atoms with Crippen molar-refractivity contribution in [2.24, 2.45) is 16.6 Å². The van der Waals surface area contributed by atoms with Crippen molar-refractivity contribution in [3.63, 3.8) is 0 Å². The van der Waals surface area contributed by atoms with E-state index in [1.54, 1.807) is 0 Å². The number of hydrogen-bond acceptors (Lipinski definition) is 3. The second-order valence-corrected chi connectivity index (χ2v) is 8.24. The van der Waals surface area contributed by atoms with Gasteiger partial charge in [-0.1, -0.05) is 27.7 Å². The van der Waals surface area contributed by atoms with E-state index in [-0.39, 0.29) is 5.54 Å². The van der Waals surface area contributed by atoms with E-state index >= 15 is 0 Å². The predicted molar refractivity (Wildman–Crippen MR) is 80.2 cm³/mol. The molecule has 112 valence electrons. The molecular weight excluding hydrogens is 236 g/mol. The van der Waals surface area contributed by atoms with Crippen molar-refractivity contribution in [1.29, 1.82) is 0 Å². The third-order valence-corrected chi connectivity index (χ3v) is 4.85. The minimum atomic E-state index is 0.180. The van der Waals surface area contributed by atoms with Gasteiger partial charge in [-0.15, -0.1) is 0 Å². The van der Waals surface area contributed by atoms with Crippen LogP contribution in [-0.4, -0.2) is 43.3 Å². The molecule has 0 aromatic carbocycles. The first-order chi connectivity index (χ1) is 8.79. The summed E-state index contributed by atoms with van der Waals surface area (Å²) in [5.74, 6) is 0. The van der Waals surface area contributed by atoms with Crippen molar-refractivity contribution in [2.75, 3.05) is 32.8 Å². The highest BCUT2D eigenvalue weighted by atomic mass is 16.5. The Kier molecular flexibility index (Phi) is 4.29. The van der Waals surface area contributed by atoms with Crippen LogP contribution in [0, 0.1) is 10.8 Å². The van der Waals surface area contributed by atoms with Crippen LogP contribution < -0.4 is 5.73 Å². The van der Waals surface area contributed by atoms with Gasteiger partial charge in [0.05, 0.1) is 6.61 Å². The minimum absolute atomic E-state index is 0.180. The maximum atomic E-state index is 6.28. The Balaban J connectivity index is 2.24. The van der Waals surface area contributed by atoms with Crippen LogP contribution in [0.1, 0.15) is 53.4 Å². The molecule has 2 fully saturated rings. The number of rotatable bonds is 2. The lowest BCUT2D eigenvalue weighted by Gasteiger charge is -2.56. The van der Waals surface area contributed by atoms with Crippen LogP contribution in [0.5, 0.6) is 0 Å². The summed E-state index contributed by atoms with van der Waals surface area (Å²) in [6.45, 7) is 14.4. The topological polar surface area (TPSA) is 38.5 Å². The molecule has 0 radical (unpaired) electrons. The molecule has 19 heavy (non-hydrogen) atoms. The fourth-order valence-corrected chi connectivity index (χ4v) is 4.98. The van der Waals surface area contributed by atoms with Crippen molar-refractivity contribution in [2.45, 2.75) is 58.9 Å². The average Bonchev–Trinajstić information content (AvgIpc) is 2.53. The van der Waals surface area contributed by atoms with Gasteiger partial charge >= 0.3 is 0 Å². The lowest BCUT2D eigenvalue weighted by atomic mass is 9.58. The van der Waals surface area contributed by atoms with Gasteiger partial charge in [0.2, 0.25) is 0 Å². The standard InChI is InChI=1S/C16H32N2O/c1-14(2)10-15(3,4)12-16(11-14,13-17)18-6-5-8-19-9-7-18/h5-13,17H2,1-4H3.